The molecule has 0 radical (unpaired) electrons. The van der Waals surface area contributed by atoms with Crippen LogP contribution in [0.5, 0.6) is 0 Å². The monoisotopic (exact) mass is 241 g/mol. The number of pyridine rings is 1. The number of hydrogen-bond acceptors (Lipinski definition) is 3. The molecular weight excluding hydrogens is 222 g/mol. The molecular formula is C12H19NO2S. The summed E-state index contributed by atoms with van der Waals surface area (Å²) < 4.78 is 24.3. The summed E-state index contributed by atoms with van der Waals surface area (Å²) in [7, 11) is -3.23. The van der Waals surface area contributed by atoms with Crippen LogP contribution < -0.4 is 0 Å². The van der Waals surface area contributed by atoms with Crippen LogP contribution >= 0.6 is 0 Å². The van der Waals surface area contributed by atoms with E-state index in [-0.39, 0.29) is 5.41 Å². The summed E-state index contributed by atoms with van der Waals surface area (Å²) in [6.45, 7) is 9.36. The summed E-state index contributed by atoms with van der Waals surface area (Å²) in [6, 6.07) is 1.59. The lowest BCUT2D eigenvalue weighted by molar-refractivity contribution is 0.555. The van der Waals surface area contributed by atoms with Crippen molar-refractivity contribution in [3.63, 3.8) is 0 Å². The van der Waals surface area contributed by atoms with Gasteiger partial charge in [0.1, 0.15) is 0 Å². The van der Waals surface area contributed by atoms with Gasteiger partial charge < -0.3 is 0 Å². The Bertz CT molecular complexity index is 470. The zero-order valence-electron chi connectivity index (χ0n) is 10.5. The average Bonchev–Trinajstić information content (AvgIpc) is 2.16. The molecule has 1 aromatic rings. The van der Waals surface area contributed by atoms with Gasteiger partial charge >= 0.3 is 0 Å². The highest BCUT2D eigenvalue weighted by Gasteiger charge is 2.27. The topological polar surface area (TPSA) is 47.0 Å². The van der Waals surface area contributed by atoms with Crippen LogP contribution in [0.25, 0.3) is 0 Å². The Morgan fingerprint density at radius 3 is 2.25 bits per heavy atom. The molecule has 1 rings (SSSR count). The van der Waals surface area contributed by atoms with Gasteiger partial charge in [-0.3, -0.25) is 4.98 Å². The minimum Gasteiger partial charge on any atom is -0.264 e. The Labute approximate surface area is 97.8 Å². The SMILES string of the molecule is CC(C)S(=O)(=O)c1ccncc1C(C)(C)C. The Kier molecular flexibility index (Phi) is 3.43. The molecule has 0 aromatic carbocycles. The van der Waals surface area contributed by atoms with E-state index in [2.05, 4.69) is 4.98 Å². The molecule has 0 saturated carbocycles. The largest absolute Gasteiger partial charge is 0.264 e. The minimum atomic E-state index is -3.23. The number of hydrogen-bond donors (Lipinski definition) is 0. The molecule has 0 amide bonds. The van der Waals surface area contributed by atoms with Crippen LogP contribution in [0.2, 0.25) is 0 Å². The van der Waals surface area contributed by atoms with Gasteiger partial charge in [0.05, 0.1) is 10.1 Å². The molecule has 0 spiro atoms. The summed E-state index contributed by atoms with van der Waals surface area (Å²) in [6.07, 6.45) is 3.18. The van der Waals surface area contributed by atoms with Crippen LogP contribution in [-0.4, -0.2) is 18.7 Å². The van der Waals surface area contributed by atoms with E-state index in [9.17, 15) is 8.42 Å². The first-order valence-electron chi connectivity index (χ1n) is 5.35. The smallest absolute Gasteiger partial charge is 0.181 e. The molecule has 1 heterocycles. The Morgan fingerprint density at radius 2 is 1.81 bits per heavy atom. The van der Waals surface area contributed by atoms with Crippen molar-refractivity contribution in [2.75, 3.05) is 0 Å². The van der Waals surface area contributed by atoms with Crippen molar-refractivity contribution in [1.29, 1.82) is 0 Å². The highest BCUT2D eigenvalue weighted by atomic mass is 32.2. The fourth-order valence-corrected chi connectivity index (χ4v) is 2.87. The van der Waals surface area contributed by atoms with Gasteiger partial charge in [-0.15, -0.1) is 0 Å². The second-order valence-electron chi connectivity index (χ2n) is 5.22. The van der Waals surface area contributed by atoms with Crippen molar-refractivity contribution in [2.45, 2.75) is 50.2 Å². The molecule has 4 heteroatoms. The third-order valence-corrected chi connectivity index (χ3v) is 4.73. The van der Waals surface area contributed by atoms with Crippen molar-refractivity contribution >= 4 is 9.84 Å². The van der Waals surface area contributed by atoms with Crippen molar-refractivity contribution in [1.82, 2.24) is 4.98 Å². The van der Waals surface area contributed by atoms with Crippen molar-refractivity contribution in [2.24, 2.45) is 0 Å². The van der Waals surface area contributed by atoms with Crippen LogP contribution in [0.4, 0.5) is 0 Å². The summed E-state index contributed by atoms with van der Waals surface area (Å²) >= 11 is 0. The lowest BCUT2D eigenvalue weighted by Gasteiger charge is -2.22. The third-order valence-electron chi connectivity index (χ3n) is 2.52. The molecule has 16 heavy (non-hydrogen) atoms. The lowest BCUT2D eigenvalue weighted by atomic mass is 9.88. The first-order chi connectivity index (χ1) is 7.17. The molecule has 0 fully saturated rings. The molecule has 0 saturated heterocycles. The summed E-state index contributed by atoms with van der Waals surface area (Å²) in [4.78, 5) is 4.43. The Balaban J connectivity index is 3.48. The van der Waals surface area contributed by atoms with Gasteiger partial charge in [-0.05, 0) is 30.9 Å². The zero-order chi connectivity index (χ0) is 12.6. The molecule has 0 aliphatic rings. The predicted molar refractivity (Wildman–Crippen MR) is 65.3 cm³/mol. The van der Waals surface area contributed by atoms with Crippen LogP contribution in [-0.2, 0) is 15.3 Å². The quantitative estimate of drug-likeness (QED) is 0.799. The van der Waals surface area contributed by atoms with E-state index in [1.165, 1.54) is 6.20 Å². The average molecular weight is 241 g/mol. The molecule has 0 bridgehead atoms. The third kappa shape index (κ3) is 2.43. The molecule has 0 atom stereocenters. The van der Waals surface area contributed by atoms with Gasteiger partial charge in [0, 0.05) is 12.4 Å². The lowest BCUT2D eigenvalue weighted by Crippen LogP contribution is -2.21. The highest BCUT2D eigenvalue weighted by Crippen LogP contribution is 2.29. The van der Waals surface area contributed by atoms with Crippen LogP contribution in [0.3, 0.4) is 0 Å². The Hall–Kier alpha value is -0.900. The fraction of sp³-hybridized carbons (Fsp3) is 0.583. The van der Waals surface area contributed by atoms with Gasteiger partial charge in [0.2, 0.25) is 0 Å². The minimum absolute atomic E-state index is 0.217. The maximum Gasteiger partial charge on any atom is 0.181 e. The van der Waals surface area contributed by atoms with Gasteiger partial charge in [-0.1, -0.05) is 20.8 Å². The van der Waals surface area contributed by atoms with Crippen LogP contribution in [0, 0.1) is 0 Å². The van der Waals surface area contributed by atoms with E-state index in [4.69, 9.17) is 0 Å². The molecule has 90 valence electrons. The van der Waals surface area contributed by atoms with E-state index in [1.807, 2.05) is 20.8 Å². The number of aromatic nitrogens is 1. The van der Waals surface area contributed by atoms with Crippen LogP contribution in [0.15, 0.2) is 23.4 Å². The molecule has 0 N–H and O–H groups in total. The summed E-state index contributed by atoms with van der Waals surface area (Å²) in [5.41, 5.74) is 0.564. The van der Waals surface area contributed by atoms with E-state index < -0.39 is 15.1 Å². The molecule has 0 aliphatic heterocycles. The first kappa shape index (κ1) is 13.2. The van der Waals surface area contributed by atoms with Crippen LogP contribution in [0.1, 0.15) is 40.2 Å². The molecule has 3 nitrogen and oxygen atoms in total. The first-order valence-corrected chi connectivity index (χ1v) is 6.90. The van der Waals surface area contributed by atoms with Gasteiger partial charge in [0.25, 0.3) is 0 Å². The maximum absolute atomic E-state index is 12.2. The van der Waals surface area contributed by atoms with Gasteiger partial charge in [0.15, 0.2) is 9.84 Å². The number of nitrogens with zero attached hydrogens (tertiary/aromatic N) is 1. The van der Waals surface area contributed by atoms with E-state index in [0.29, 0.717) is 4.90 Å². The summed E-state index contributed by atoms with van der Waals surface area (Å²) in [5, 5.41) is -0.406. The maximum atomic E-state index is 12.2. The van der Waals surface area contributed by atoms with Gasteiger partial charge in [-0.2, -0.15) is 0 Å². The standard InChI is InChI=1S/C12H19NO2S/c1-9(2)16(14,15)11-6-7-13-8-10(11)12(3,4)5/h6-9H,1-5H3. The predicted octanol–water partition coefficient (Wildman–Crippen LogP) is 2.56. The summed E-state index contributed by atoms with van der Waals surface area (Å²) in [5.74, 6) is 0. The fourth-order valence-electron chi connectivity index (χ4n) is 1.45. The molecule has 0 aliphatic carbocycles. The van der Waals surface area contributed by atoms with Crippen molar-refractivity contribution in [3.8, 4) is 0 Å². The highest BCUT2D eigenvalue weighted by molar-refractivity contribution is 7.92. The van der Waals surface area contributed by atoms with E-state index in [1.54, 1.807) is 26.1 Å². The van der Waals surface area contributed by atoms with Gasteiger partial charge in [-0.25, -0.2) is 8.42 Å². The van der Waals surface area contributed by atoms with Crippen molar-refractivity contribution in [3.05, 3.63) is 24.0 Å². The van der Waals surface area contributed by atoms with Crippen molar-refractivity contribution < 1.29 is 8.42 Å². The normalized spacial score (nSPS) is 13.1. The number of sulfone groups is 1. The zero-order valence-corrected chi connectivity index (χ0v) is 11.3. The number of rotatable bonds is 2. The molecule has 1 aromatic heterocycles. The molecule has 0 unspecified atom stereocenters. The second kappa shape index (κ2) is 4.17. The second-order valence-corrected chi connectivity index (χ2v) is 7.69. The Morgan fingerprint density at radius 1 is 1.25 bits per heavy atom. The van der Waals surface area contributed by atoms with E-state index >= 15 is 0 Å². The van der Waals surface area contributed by atoms with E-state index in [0.717, 1.165) is 5.56 Å².